The van der Waals surface area contributed by atoms with Crippen LogP contribution in [0.1, 0.15) is 37.6 Å². The van der Waals surface area contributed by atoms with Crippen LogP contribution < -0.4 is 15.0 Å². The lowest BCUT2D eigenvalue weighted by Gasteiger charge is -2.14. The van der Waals surface area contributed by atoms with Gasteiger partial charge < -0.3 is 9.47 Å². The summed E-state index contributed by atoms with van der Waals surface area (Å²) in [5, 5.41) is 16.4. The summed E-state index contributed by atoms with van der Waals surface area (Å²) in [5.74, 6) is 0.624. The van der Waals surface area contributed by atoms with E-state index >= 15 is 0 Å². The smallest absolute Gasteiger partial charge is 0.315 e. The van der Waals surface area contributed by atoms with Crippen LogP contribution in [0.5, 0.6) is 11.5 Å². The molecule has 0 aliphatic carbocycles. The van der Waals surface area contributed by atoms with Gasteiger partial charge in [0.25, 0.3) is 5.56 Å². The third-order valence-electron chi connectivity index (χ3n) is 5.03. The molecular weight excluding hydrogens is 492 g/mol. The standard InChI is InChI=1S/C23H23BrN4O5/c1-5-9-33-21-19(28(30)31)10-15(11-20(21)32-4)13-25-27-22(14(3)6-2)26-18-8-7-16(24)12-17(18)23(27)29/h5,7-8,10-14H,1,6,9H2,2-4H3/t14-/m1/s1. The van der Waals surface area contributed by atoms with Crippen molar-refractivity contribution in [3.05, 3.63) is 79.3 Å². The molecule has 10 heteroatoms. The van der Waals surface area contributed by atoms with Crippen LogP contribution in [0, 0.1) is 10.1 Å². The van der Waals surface area contributed by atoms with Gasteiger partial charge in [-0.25, -0.2) is 4.98 Å². The maximum Gasteiger partial charge on any atom is 0.315 e. The van der Waals surface area contributed by atoms with Gasteiger partial charge in [-0.05, 0) is 30.7 Å². The molecule has 0 radical (unpaired) electrons. The molecule has 33 heavy (non-hydrogen) atoms. The van der Waals surface area contributed by atoms with Gasteiger partial charge in [0.2, 0.25) is 5.75 Å². The van der Waals surface area contributed by atoms with Crippen molar-refractivity contribution < 1.29 is 14.4 Å². The van der Waals surface area contributed by atoms with Crippen molar-refractivity contribution in [2.24, 2.45) is 5.10 Å². The highest BCUT2D eigenvalue weighted by Crippen LogP contribution is 2.38. The maximum absolute atomic E-state index is 13.2. The van der Waals surface area contributed by atoms with E-state index in [0.717, 1.165) is 10.9 Å². The first-order valence-electron chi connectivity index (χ1n) is 10.2. The van der Waals surface area contributed by atoms with Crippen LogP contribution in [-0.2, 0) is 0 Å². The van der Waals surface area contributed by atoms with Gasteiger partial charge in [0.1, 0.15) is 12.4 Å². The lowest BCUT2D eigenvalue weighted by atomic mass is 10.1. The molecule has 0 fully saturated rings. The molecule has 0 spiro atoms. The summed E-state index contributed by atoms with van der Waals surface area (Å²) in [4.78, 5) is 29.0. The van der Waals surface area contributed by atoms with Crippen LogP contribution in [0.3, 0.4) is 0 Å². The Bertz CT molecular complexity index is 1300. The Morgan fingerprint density at radius 2 is 2.12 bits per heavy atom. The van der Waals surface area contributed by atoms with Gasteiger partial charge in [-0.2, -0.15) is 9.78 Å². The van der Waals surface area contributed by atoms with Crippen molar-refractivity contribution in [1.82, 2.24) is 9.66 Å². The first-order valence-corrected chi connectivity index (χ1v) is 11.0. The van der Waals surface area contributed by atoms with Gasteiger partial charge in [-0.1, -0.05) is 42.4 Å². The monoisotopic (exact) mass is 514 g/mol. The molecule has 9 nitrogen and oxygen atoms in total. The molecule has 0 amide bonds. The fraction of sp³-hybridized carbons (Fsp3) is 0.261. The van der Waals surface area contributed by atoms with Crippen LogP contribution in [0.2, 0.25) is 0 Å². The van der Waals surface area contributed by atoms with Crippen molar-refractivity contribution >= 4 is 38.7 Å². The highest BCUT2D eigenvalue weighted by atomic mass is 79.9. The Hall–Kier alpha value is -3.53. The number of aromatic nitrogens is 2. The van der Waals surface area contributed by atoms with Gasteiger partial charge in [-0.15, -0.1) is 0 Å². The SMILES string of the molecule is C=CCOc1c(OC)cc(C=Nn2c([C@H](C)CC)nc3ccc(Br)cc3c2=O)cc1[N+](=O)[O-]. The molecule has 0 bridgehead atoms. The second kappa shape index (κ2) is 10.4. The minimum absolute atomic E-state index is 0.00534. The zero-order valence-corrected chi connectivity index (χ0v) is 20.0. The molecule has 0 saturated carbocycles. The molecule has 0 saturated heterocycles. The normalized spacial score (nSPS) is 12.1. The number of nitro groups is 1. The number of hydrogen-bond acceptors (Lipinski definition) is 7. The van der Waals surface area contributed by atoms with Crippen LogP contribution in [0.25, 0.3) is 10.9 Å². The number of hydrogen-bond donors (Lipinski definition) is 0. The third kappa shape index (κ3) is 5.11. The Labute approximate surface area is 198 Å². The molecule has 2 aromatic carbocycles. The second-order valence-corrected chi connectivity index (χ2v) is 8.15. The Morgan fingerprint density at radius 1 is 1.36 bits per heavy atom. The first-order chi connectivity index (χ1) is 15.8. The quantitative estimate of drug-likeness (QED) is 0.171. The summed E-state index contributed by atoms with van der Waals surface area (Å²) in [5.41, 5.74) is 0.319. The third-order valence-corrected chi connectivity index (χ3v) is 5.52. The number of fused-ring (bicyclic) bond motifs is 1. The van der Waals surface area contributed by atoms with Crippen LogP contribution in [0.4, 0.5) is 5.69 Å². The minimum Gasteiger partial charge on any atom is -0.493 e. The van der Waals surface area contributed by atoms with E-state index < -0.39 is 4.92 Å². The van der Waals surface area contributed by atoms with E-state index in [2.05, 4.69) is 32.6 Å². The minimum atomic E-state index is -0.565. The van der Waals surface area contributed by atoms with Gasteiger partial charge >= 0.3 is 5.69 Å². The predicted molar refractivity (Wildman–Crippen MR) is 131 cm³/mol. The molecule has 0 unspecified atom stereocenters. The van der Waals surface area contributed by atoms with Crippen molar-refractivity contribution in [2.75, 3.05) is 13.7 Å². The van der Waals surface area contributed by atoms with Crippen molar-refractivity contribution in [1.29, 1.82) is 0 Å². The average Bonchev–Trinajstić information content (AvgIpc) is 2.81. The topological polar surface area (TPSA) is 109 Å². The van der Waals surface area contributed by atoms with Gasteiger partial charge in [0.05, 0.1) is 29.2 Å². The van der Waals surface area contributed by atoms with E-state index in [1.165, 1.54) is 30.1 Å². The summed E-state index contributed by atoms with van der Waals surface area (Å²) < 4.78 is 12.7. The van der Waals surface area contributed by atoms with E-state index in [1.54, 1.807) is 18.2 Å². The van der Waals surface area contributed by atoms with Crippen LogP contribution >= 0.6 is 15.9 Å². The molecule has 1 atom stereocenters. The van der Waals surface area contributed by atoms with E-state index in [9.17, 15) is 14.9 Å². The van der Waals surface area contributed by atoms with Crippen LogP contribution in [-0.4, -0.2) is 34.5 Å². The summed E-state index contributed by atoms with van der Waals surface area (Å²) >= 11 is 3.38. The fourth-order valence-electron chi connectivity index (χ4n) is 3.16. The fourth-order valence-corrected chi connectivity index (χ4v) is 3.52. The maximum atomic E-state index is 13.2. The van der Waals surface area contributed by atoms with E-state index in [4.69, 9.17) is 9.47 Å². The highest BCUT2D eigenvalue weighted by Gasteiger charge is 2.22. The molecular formula is C23H23BrN4O5. The summed E-state index contributed by atoms with van der Waals surface area (Å²) in [6, 6.07) is 8.15. The molecule has 172 valence electrons. The number of methoxy groups -OCH3 is 1. The molecule has 3 aromatic rings. The van der Waals surface area contributed by atoms with Crippen molar-refractivity contribution in [3.63, 3.8) is 0 Å². The van der Waals surface area contributed by atoms with Crippen molar-refractivity contribution in [2.45, 2.75) is 26.2 Å². The number of rotatable bonds is 9. The number of nitro benzene ring substituents is 1. The molecule has 1 heterocycles. The van der Waals surface area contributed by atoms with Crippen molar-refractivity contribution in [3.8, 4) is 11.5 Å². The summed E-state index contributed by atoms with van der Waals surface area (Å²) in [7, 11) is 1.39. The molecule has 1 aromatic heterocycles. The molecule has 3 rings (SSSR count). The van der Waals surface area contributed by atoms with E-state index in [1.807, 2.05) is 19.9 Å². The van der Waals surface area contributed by atoms with Gasteiger partial charge in [-0.3, -0.25) is 14.9 Å². The summed E-state index contributed by atoms with van der Waals surface area (Å²) in [6.45, 7) is 7.58. The lowest BCUT2D eigenvalue weighted by Crippen LogP contribution is -2.23. The predicted octanol–water partition coefficient (Wildman–Crippen LogP) is 5.04. The highest BCUT2D eigenvalue weighted by molar-refractivity contribution is 9.10. The molecule has 0 N–H and O–H groups in total. The number of benzene rings is 2. The number of nitrogens with zero attached hydrogens (tertiary/aromatic N) is 4. The molecule has 0 aliphatic heterocycles. The van der Waals surface area contributed by atoms with Gasteiger partial charge in [0.15, 0.2) is 5.75 Å². The largest absolute Gasteiger partial charge is 0.493 e. The first kappa shape index (κ1) is 24.1. The lowest BCUT2D eigenvalue weighted by molar-refractivity contribution is -0.385. The zero-order valence-electron chi connectivity index (χ0n) is 18.4. The van der Waals surface area contributed by atoms with E-state index in [0.29, 0.717) is 22.3 Å². The molecule has 0 aliphatic rings. The van der Waals surface area contributed by atoms with Crippen LogP contribution in [0.15, 0.2) is 57.4 Å². The van der Waals surface area contributed by atoms with Gasteiger partial charge in [0, 0.05) is 22.0 Å². The zero-order chi connectivity index (χ0) is 24.1. The Kier molecular flexibility index (Phi) is 7.59. The Balaban J connectivity index is 2.18. The average molecular weight is 515 g/mol. The Morgan fingerprint density at radius 3 is 2.76 bits per heavy atom. The number of ether oxygens (including phenoxy) is 2. The van der Waals surface area contributed by atoms with E-state index in [-0.39, 0.29) is 35.3 Å². The summed E-state index contributed by atoms with van der Waals surface area (Å²) in [6.07, 6.45) is 3.59. The second-order valence-electron chi connectivity index (χ2n) is 7.23. The number of halogens is 1.